The van der Waals surface area contributed by atoms with Crippen LogP contribution in [0.3, 0.4) is 0 Å². The van der Waals surface area contributed by atoms with Gasteiger partial charge in [0, 0.05) is 17.7 Å². The Labute approximate surface area is 190 Å². The van der Waals surface area contributed by atoms with Crippen LogP contribution in [0.5, 0.6) is 0 Å². The second kappa shape index (κ2) is 14.1. The van der Waals surface area contributed by atoms with E-state index in [2.05, 4.69) is 10.6 Å². The third-order valence-corrected chi connectivity index (χ3v) is 6.62. The predicted molar refractivity (Wildman–Crippen MR) is 125 cm³/mol. The van der Waals surface area contributed by atoms with Gasteiger partial charge in [0.2, 0.25) is 5.91 Å². The molecule has 1 aliphatic rings. The topological polar surface area (TPSA) is 84.5 Å². The molecule has 2 N–H and O–H groups in total. The number of unbranched alkanes of at least 4 members (excludes halogenated alkanes) is 2. The maximum absolute atomic E-state index is 12.8. The first-order valence-electron chi connectivity index (χ1n) is 11.4. The van der Waals surface area contributed by atoms with E-state index >= 15 is 0 Å². The van der Waals surface area contributed by atoms with Crippen molar-refractivity contribution >= 4 is 28.9 Å². The van der Waals surface area contributed by atoms with E-state index in [0.717, 1.165) is 56.3 Å². The van der Waals surface area contributed by atoms with Crippen molar-refractivity contribution in [2.45, 2.75) is 83.9 Å². The van der Waals surface area contributed by atoms with Crippen LogP contribution in [0, 0.1) is 5.92 Å². The predicted octanol–water partition coefficient (Wildman–Crippen LogP) is 4.82. The number of alkyl carbamates (subject to hydrolysis) is 1. The first-order chi connectivity index (χ1) is 15.0. The standard InChI is InChI=1S/C24H36N2O4S/c1-18(2)23(28)31-16-10-4-7-15-21(22(27)25-20-13-8-9-14-20)26-24(29)30-17-19-11-5-3-6-12-19/h3,5-6,11-12,18,20-21H,4,7-10,13-17H2,1-2H3,(H,25,27)(H,26,29)/t21-/m0/s1. The van der Waals surface area contributed by atoms with Gasteiger partial charge in [-0.2, -0.15) is 0 Å². The van der Waals surface area contributed by atoms with Crippen LogP contribution in [0.25, 0.3) is 0 Å². The summed E-state index contributed by atoms with van der Waals surface area (Å²) in [4.78, 5) is 36.7. The summed E-state index contributed by atoms with van der Waals surface area (Å²) in [5, 5.41) is 6.05. The summed E-state index contributed by atoms with van der Waals surface area (Å²) in [5.41, 5.74) is 0.901. The molecule has 0 aliphatic heterocycles. The summed E-state index contributed by atoms with van der Waals surface area (Å²) in [6.07, 6.45) is 6.87. The third kappa shape index (κ3) is 10.2. The highest BCUT2D eigenvalue weighted by molar-refractivity contribution is 8.13. The third-order valence-electron chi connectivity index (χ3n) is 5.38. The van der Waals surface area contributed by atoms with E-state index < -0.39 is 12.1 Å². The Morgan fingerprint density at radius 3 is 2.45 bits per heavy atom. The summed E-state index contributed by atoms with van der Waals surface area (Å²) in [7, 11) is 0. The van der Waals surface area contributed by atoms with Crippen molar-refractivity contribution in [1.29, 1.82) is 0 Å². The number of nitrogens with one attached hydrogen (secondary N) is 2. The zero-order valence-corrected chi connectivity index (χ0v) is 19.5. The van der Waals surface area contributed by atoms with Gasteiger partial charge in [-0.25, -0.2) is 4.79 Å². The summed E-state index contributed by atoms with van der Waals surface area (Å²) < 4.78 is 5.30. The summed E-state index contributed by atoms with van der Waals surface area (Å²) >= 11 is 1.38. The van der Waals surface area contributed by atoms with Gasteiger partial charge >= 0.3 is 6.09 Å². The maximum atomic E-state index is 12.8. The molecule has 0 saturated heterocycles. The fourth-order valence-corrected chi connectivity index (χ4v) is 4.40. The number of hydrogen-bond donors (Lipinski definition) is 2. The van der Waals surface area contributed by atoms with Crippen molar-refractivity contribution in [1.82, 2.24) is 10.6 Å². The van der Waals surface area contributed by atoms with E-state index in [1.54, 1.807) is 0 Å². The van der Waals surface area contributed by atoms with Gasteiger partial charge in [-0.1, -0.05) is 81.6 Å². The average molecular weight is 449 g/mol. The van der Waals surface area contributed by atoms with Gasteiger partial charge < -0.3 is 15.4 Å². The minimum atomic E-state index is -0.603. The van der Waals surface area contributed by atoms with E-state index in [0.29, 0.717) is 6.42 Å². The number of thioether (sulfide) groups is 1. The highest BCUT2D eigenvalue weighted by atomic mass is 32.2. The molecule has 7 heteroatoms. The molecule has 1 saturated carbocycles. The first kappa shape index (κ1) is 25.2. The van der Waals surface area contributed by atoms with Crippen LogP contribution in [0.1, 0.15) is 70.8 Å². The van der Waals surface area contributed by atoms with Crippen LogP contribution in [-0.4, -0.2) is 35.0 Å². The fourth-order valence-electron chi connectivity index (χ4n) is 3.51. The molecule has 0 unspecified atom stereocenters. The van der Waals surface area contributed by atoms with E-state index in [4.69, 9.17) is 4.74 Å². The number of carbonyl (C=O) groups excluding carboxylic acids is 3. The molecule has 31 heavy (non-hydrogen) atoms. The van der Waals surface area contributed by atoms with Crippen molar-refractivity contribution in [2.75, 3.05) is 5.75 Å². The van der Waals surface area contributed by atoms with Crippen LogP contribution in [-0.2, 0) is 20.9 Å². The molecular formula is C24H36N2O4S. The molecular weight excluding hydrogens is 412 g/mol. The maximum Gasteiger partial charge on any atom is 0.408 e. The van der Waals surface area contributed by atoms with Crippen LogP contribution < -0.4 is 10.6 Å². The minimum absolute atomic E-state index is 0.0553. The Hall–Kier alpha value is -2.02. The lowest BCUT2D eigenvalue weighted by molar-refractivity contribution is -0.124. The molecule has 1 fully saturated rings. The van der Waals surface area contributed by atoms with Crippen LogP contribution >= 0.6 is 11.8 Å². The molecule has 0 radical (unpaired) electrons. The number of rotatable bonds is 12. The molecule has 0 spiro atoms. The Morgan fingerprint density at radius 1 is 1.06 bits per heavy atom. The molecule has 172 valence electrons. The Bertz CT molecular complexity index is 690. The quantitative estimate of drug-likeness (QED) is 0.448. The molecule has 2 amide bonds. The second-order valence-electron chi connectivity index (χ2n) is 8.42. The number of hydrogen-bond acceptors (Lipinski definition) is 5. The normalized spacial score (nSPS) is 14.9. The summed E-state index contributed by atoms with van der Waals surface area (Å²) in [6.45, 7) is 3.99. The number of benzene rings is 1. The number of ether oxygens (including phenoxy) is 1. The van der Waals surface area contributed by atoms with Crippen molar-refractivity contribution in [3.8, 4) is 0 Å². The smallest absolute Gasteiger partial charge is 0.408 e. The van der Waals surface area contributed by atoms with Gasteiger partial charge in [-0.05, 0) is 31.2 Å². The zero-order chi connectivity index (χ0) is 22.5. The lowest BCUT2D eigenvalue weighted by atomic mass is 10.1. The van der Waals surface area contributed by atoms with Gasteiger partial charge in [-0.15, -0.1) is 0 Å². The molecule has 1 aromatic carbocycles. The van der Waals surface area contributed by atoms with Crippen LogP contribution in [0.4, 0.5) is 4.79 Å². The summed E-state index contributed by atoms with van der Waals surface area (Å²) in [6, 6.07) is 9.07. The van der Waals surface area contributed by atoms with Gasteiger partial charge in [-0.3, -0.25) is 9.59 Å². The highest BCUT2D eigenvalue weighted by Gasteiger charge is 2.25. The van der Waals surface area contributed by atoms with E-state index in [1.807, 2.05) is 44.2 Å². The van der Waals surface area contributed by atoms with Crippen molar-refractivity contribution < 1.29 is 19.1 Å². The fraction of sp³-hybridized carbons (Fsp3) is 0.625. The highest BCUT2D eigenvalue weighted by Crippen LogP contribution is 2.18. The second-order valence-corrected chi connectivity index (χ2v) is 9.52. The van der Waals surface area contributed by atoms with Crippen molar-refractivity contribution in [3.63, 3.8) is 0 Å². The lowest BCUT2D eigenvalue weighted by Gasteiger charge is -2.21. The number of amides is 2. The van der Waals surface area contributed by atoms with Crippen molar-refractivity contribution in [3.05, 3.63) is 35.9 Å². The molecule has 1 atom stereocenters. The molecule has 6 nitrogen and oxygen atoms in total. The summed E-state index contributed by atoms with van der Waals surface area (Å²) in [5.74, 6) is 0.718. The van der Waals surface area contributed by atoms with E-state index in [1.165, 1.54) is 11.8 Å². The Kier molecular flexibility index (Phi) is 11.5. The molecule has 0 bridgehead atoms. The van der Waals surface area contributed by atoms with Gasteiger partial charge in [0.05, 0.1) is 0 Å². The minimum Gasteiger partial charge on any atom is -0.445 e. The molecule has 1 aromatic rings. The Balaban J connectivity index is 1.77. The monoisotopic (exact) mass is 448 g/mol. The first-order valence-corrected chi connectivity index (χ1v) is 12.4. The molecule has 2 rings (SSSR count). The Morgan fingerprint density at radius 2 is 1.77 bits per heavy atom. The molecule has 1 aliphatic carbocycles. The molecule has 0 heterocycles. The zero-order valence-electron chi connectivity index (χ0n) is 18.7. The van der Waals surface area contributed by atoms with Gasteiger partial charge in [0.25, 0.3) is 0 Å². The number of carbonyl (C=O) groups is 3. The van der Waals surface area contributed by atoms with Crippen molar-refractivity contribution in [2.24, 2.45) is 5.92 Å². The van der Waals surface area contributed by atoms with E-state index in [9.17, 15) is 14.4 Å². The molecule has 0 aromatic heterocycles. The van der Waals surface area contributed by atoms with Gasteiger partial charge in [0.15, 0.2) is 5.12 Å². The average Bonchev–Trinajstić information content (AvgIpc) is 3.27. The van der Waals surface area contributed by atoms with Gasteiger partial charge in [0.1, 0.15) is 12.6 Å². The lowest BCUT2D eigenvalue weighted by Crippen LogP contribution is -2.49. The SMILES string of the molecule is CC(C)C(=O)SCCCCC[C@H](NC(=O)OCc1ccccc1)C(=O)NC1CCCC1. The van der Waals surface area contributed by atoms with E-state index in [-0.39, 0.29) is 29.6 Å². The largest absolute Gasteiger partial charge is 0.445 e. The van der Waals surface area contributed by atoms with Crippen LogP contribution in [0.15, 0.2) is 30.3 Å². The van der Waals surface area contributed by atoms with Crippen LogP contribution in [0.2, 0.25) is 0 Å².